The van der Waals surface area contributed by atoms with Gasteiger partial charge in [-0.2, -0.15) is 0 Å². The van der Waals surface area contributed by atoms with Crippen molar-refractivity contribution in [3.05, 3.63) is 36.4 Å². The SMILES string of the molecule is C#COC(=O)CCCC(=O)OCC.CCCCC[C@@H](C[C@H](CCCCC)C(=O)O)C(=O)O.CCCCC[C@@H](C[C@H](CCCCC)C(=O)O)C(N)=O.CCCCC[C@@H]1C[C@H](CCCCC)C(=O)OC1=O.CCCCC[C@H](CCl)C[C@H](CCCCC)C(N)=O.CCCCC[C@H](CN)C[C@H](CCCCC)C(N)=O.CCCCC[C@H](CNC(N)=O)C[C@H](CCCCC)C(N)=O.c1ccccc1. The Labute approximate surface area is 807 Å². The minimum atomic E-state index is -0.849. The highest BCUT2D eigenvalue weighted by Crippen LogP contribution is 2.32. The lowest BCUT2D eigenvalue weighted by atomic mass is 9.85. The van der Waals surface area contributed by atoms with Crippen molar-refractivity contribution >= 4 is 83.0 Å². The minimum Gasteiger partial charge on any atom is -0.481 e. The normalized spacial score (nSPS) is 14.6. The average Bonchev–Trinajstić information content (AvgIpc) is 0.843. The Hall–Kier alpha value is -7.33. The highest BCUT2D eigenvalue weighted by Gasteiger charge is 2.36. The zero-order valence-electron chi connectivity index (χ0n) is 85.4. The highest BCUT2D eigenvalue weighted by molar-refractivity contribution is 6.18. The van der Waals surface area contributed by atoms with Gasteiger partial charge in [0, 0.05) is 48.9 Å². The second-order valence-corrected chi connectivity index (χ2v) is 36.4. The van der Waals surface area contributed by atoms with Gasteiger partial charge >= 0.3 is 47.8 Å². The van der Waals surface area contributed by atoms with Crippen LogP contribution >= 0.6 is 11.6 Å². The maximum atomic E-state index is 11.6. The van der Waals surface area contributed by atoms with Gasteiger partial charge in [-0.25, -0.2) is 4.79 Å². The van der Waals surface area contributed by atoms with E-state index in [2.05, 4.69) is 97.9 Å². The van der Waals surface area contributed by atoms with Crippen LogP contribution in [0.2, 0.25) is 0 Å². The van der Waals surface area contributed by atoms with Gasteiger partial charge in [-0.1, -0.05) is 357 Å². The monoisotopic (exact) mass is 1890 g/mol. The predicted molar refractivity (Wildman–Crippen MR) is 539 cm³/mol. The molecule has 0 bridgehead atoms. The van der Waals surface area contributed by atoms with Crippen LogP contribution in [-0.4, -0.2) is 112 Å². The third kappa shape index (κ3) is 88.0. The van der Waals surface area contributed by atoms with Gasteiger partial charge in [-0.15, -0.1) is 11.6 Å². The molecule has 0 saturated carbocycles. The maximum absolute atomic E-state index is 11.6. The number of carbonyl (C=O) groups excluding carboxylic acids is 9. The number of urea groups is 1. The first kappa shape index (κ1) is 135. The maximum Gasteiger partial charge on any atom is 0.319 e. The molecule has 132 heavy (non-hydrogen) atoms. The molecule has 1 aliphatic rings. The number of carboxylic acids is 3. The smallest absolute Gasteiger partial charge is 0.319 e. The molecule has 1 fully saturated rings. The molecule has 1 saturated heterocycles. The molecule has 12 atom stereocenters. The number of rotatable bonds is 74. The number of halogens is 1. The van der Waals surface area contributed by atoms with Gasteiger partial charge in [-0.3, -0.25) is 52.7 Å². The van der Waals surface area contributed by atoms with Crippen molar-refractivity contribution in [3.63, 3.8) is 0 Å². The summed E-state index contributed by atoms with van der Waals surface area (Å²) in [6.45, 7) is 29.0. The Kier molecular flexibility index (Phi) is 102. The van der Waals surface area contributed by atoms with E-state index in [1.165, 1.54) is 70.6 Å². The molecular formula is C106H196ClN7O18. The molecule has 0 aromatic heterocycles. The highest BCUT2D eigenvalue weighted by atomic mass is 35.5. The Morgan fingerprint density at radius 1 is 0.379 bits per heavy atom. The molecule has 1 aliphatic heterocycles. The van der Waals surface area contributed by atoms with Crippen molar-refractivity contribution in [1.82, 2.24) is 5.32 Å². The fourth-order valence-electron chi connectivity index (χ4n) is 15.8. The van der Waals surface area contributed by atoms with Gasteiger partial charge in [0.2, 0.25) is 23.6 Å². The molecule has 2 rings (SSSR count). The van der Waals surface area contributed by atoms with Crippen molar-refractivity contribution in [2.75, 3.05) is 25.6 Å². The zero-order valence-corrected chi connectivity index (χ0v) is 86.2. The van der Waals surface area contributed by atoms with Gasteiger partial charge in [0.15, 0.2) is 0 Å². The lowest BCUT2D eigenvalue weighted by Crippen LogP contribution is -2.35. The van der Waals surface area contributed by atoms with Crippen LogP contribution in [-0.2, 0) is 67.0 Å². The number of amides is 6. The molecule has 26 heteroatoms. The molecule has 0 unspecified atom stereocenters. The first-order valence-electron chi connectivity index (χ1n) is 52.0. The van der Waals surface area contributed by atoms with Crippen molar-refractivity contribution in [1.29, 1.82) is 0 Å². The number of benzene rings is 1. The van der Waals surface area contributed by atoms with Gasteiger partial charge in [0.05, 0.1) is 36.2 Å². The summed E-state index contributed by atoms with van der Waals surface area (Å²) in [6, 6.07) is 11.5. The van der Waals surface area contributed by atoms with Crippen molar-refractivity contribution < 1.29 is 87.1 Å². The third-order valence-corrected chi connectivity index (χ3v) is 24.6. The number of hydrogen-bond acceptors (Lipinski definition) is 16. The number of alkyl halides is 1. The number of terminal acetylenes is 1. The third-order valence-electron chi connectivity index (χ3n) is 24.2. The number of nitrogens with two attached hydrogens (primary N) is 6. The summed E-state index contributed by atoms with van der Waals surface area (Å²) in [7, 11) is 0. The molecule has 1 aromatic carbocycles. The van der Waals surface area contributed by atoms with Gasteiger partial charge in [-0.05, 0) is 153 Å². The van der Waals surface area contributed by atoms with E-state index in [9.17, 15) is 72.9 Å². The fourth-order valence-corrected chi connectivity index (χ4v) is 16.0. The average molecular weight is 1890 g/mol. The van der Waals surface area contributed by atoms with Crippen LogP contribution in [0.25, 0.3) is 0 Å². The number of nitrogens with one attached hydrogen (secondary N) is 1. The van der Waals surface area contributed by atoms with Gasteiger partial charge < -0.3 is 69.2 Å². The molecule has 0 aliphatic carbocycles. The van der Waals surface area contributed by atoms with Crippen LogP contribution in [0.3, 0.4) is 0 Å². The van der Waals surface area contributed by atoms with E-state index in [-0.39, 0.29) is 102 Å². The first-order valence-corrected chi connectivity index (χ1v) is 52.5. The number of aliphatic carboxylic acids is 3. The number of carboxylic acid groups (broad SMARTS) is 3. The Bertz CT molecular complexity index is 2800. The Morgan fingerprint density at radius 2 is 0.636 bits per heavy atom. The molecule has 6 amide bonds. The zero-order chi connectivity index (χ0) is 101. The summed E-state index contributed by atoms with van der Waals surface area (Å²) in [4.78, 5) is 135. The number of primary amides is 5. The van der Waals surface area contributed by atoms with E-state index in [1.54, 1.807) is 13.0 Å². The summed E-state index contributed by atoms with van der Waals surface area (Å²) < 4.78 is 13.8. The van der Waals surface area contributed by atoms with E-state index in [1.807, 2.05) is 36.4 Å². The van der Waals surface area contributed by atoms with Crippen molar-refractivity contribution in [3.8, 4) is 12.5 Å². The minimum absolute atomic E-state index is 0.0296. The Morgan fingerprint density at radius 3 is 0.909 bits per heavy atom. The lowest BCUT2D eigenvalue weighted by Gasteiger charge is -2.26. The number of esters is 4. The molecular weight excluding hydrogens is 1690 g/mol. The van der Waals surface area contributed by atoms with E-state index >= 15 is 0 Å². The summed E-state index contributed by atoms with van der Waals surface area (Å²) in [6.07, 6.45) is 61.3. The van der Waals surface area contributed by atoms with Crippen LogP contribution in [0, 0.1) is 83.5 Å². The summed E-state index contributed by atoms with van der Waals surface area (Å²) in [5.74, 6) is -4.68. The molecule has 25 nitrogen and oxygen atoms in total. The molecule has 16 N–H and O–H groups in total. The molecule has 1 aromatic rings. The summed E-state index contributed by atoms with van der Waals surface area (Å²) in [5.41, 5.74) is 32.9. The van der Waals surface area contributed by atoms with E-state index in [0.29, 0.717) is 75.9 Å². The summed E-state index contributed by atoms with van der Waals surface area (Å²) >= 11 is 6.00. The second-order valence-electron chi connectivity index (χ2n) is 36.1. The molecule has 0 spiro atoms. The van der Waals surface area contributed by atoms with Crippen molar-refractivity contribution in [2.45, 2.75) is 456 Å². The molecule has 770 valence electrons. The van der Waals surface area contributed by atoms with Crippen molar-refractivity contribution in [2.24, 2.45) is 105 Å². The van der Waals surface area contributed by atoms with Crippen LogP contribution < -0.4 is 39.7 Å². The summed E-state index contributed by atoms with van der Waals surface area (Å²) in [5, 5.41) is 30.3. The number of ether oxygens (including phenoxy) is 3. The number of unbranched alkanes of at least 4 members (excludes halogenated alkanes) is 24. The van der Waals surface area contributed by atoms with Gasteiger partial charge in [0.25, 0.3) is 0 Å². The first-order chi connectivity index (χ1) is 63.2. The number of carbonyl (C=O) groups is 12. The molecule has 1 heterocycles. The number of hydrogen-bond donors (Lipinski definition) is 10. The second kappa shape index (κ2) is 99.6. The van der Waals surface area contributed by atoms with E-state index in [0.717, 1.165) is 238 Å². The fraction of sp³-hybridized carbons (Fsp3) is 0.811. The van der Waals surface area contributed by atoms with Crippen LogP contribution in [0.4, 0.5) is 4.79 Å². The molecule has 0 radical (unpaired) electrons. The Balaban J connectivity index is -0.000000348. The number of cyclic esters (lactones) is 2. The van der Waals surface area contributed by atoms with Crippen LogP contribution in [0.1, 0.15) is 456 Å². The predicted octanol–water partition coefficient (Wildman–Crippen LogP) is 24.3. The van der Waals surface area contributed by atoms with E-state index < -0.39 is 47.7 Å². The van der Waals surface area contributed by atoms with Crippen LogP contribution in [0.5, 0.6) is 0 Å². The lowest BCUT2D eigenvalue weighted by molar-refractivity contribution is -0.172. The standard InChI is InChI=1S/C16H33N3O2.C15H30ClNO.C15H32N2O.C15H29NO3.C15H28O4.C15H26O3.C9H12O4.C6H6/c1-3-5-7-9-13(12-19-16(18)21)11-14(15(17)20)10-8-6-4-2;2*1-3-5-7-9-13(12-16)11-14(15(17)18)10-8-6-4-2;2*1-3-5-7-9-12(14(16)17)11-13(15(18)19)10-8-6-4-2;1-3-5-7-9-12-11-13(10-8-6-4-2)15(17)18-14(12)16;1-3-12-8(10)6-5-7-9(11)13-4-2;1-2-4-6-5-3-1/h13-14H,3-12H2,1-2H3,(H2,17,20)(H3,18,19,21);13-14H,3-12H2,1-2H3,(H2,17,18);13-14H,3-12,16H2,1-2H3,(H2,17,18);12-13H,3-11H2,1-2H3,(H2,16,17)(H,18,19);12-13H,3-11H2,1-2H3,(H,16,17)(H,18,19);12-13H,3-11H2,1-2H3;1H,4-7H2,2H3;1-6H/t3*13-,14-;2*12-,13-;12-,13+;;/m00000.../s1. The van der Waals surface area contributed by atoms with E-state index in [4.69, 9.17) is 57.2 Å². The van der Waals surface area contributed by atoms with Crippen LogP contribution in [0.15, 0.2) is 36.4 Å². The van der Waals surface area contributed by atoms with Gasteiger partial charge in [0.1, 0.15) is 6.11 Å². The topological polar surface area (TPSA) is 461 Å². The largest absolute Gasteiger partial charge is 0.481 e. The quantitative estimate of drug-likeness (QED) is 0.00723.